The maximum absolute atomic E-state index is 13.1. The molecule has 3 aromatic carbocycles. The number of β-amino-alcohol motifs (C(OH)–C–C–N with tert-alkyl or cyclic N) is 1. The Hall–Kier alpha value is -3.02. The van der Waals surface area contributed by atoms with E-state index in [1.807, 2.05) is 48.5 Å². The summed E-state index contributed by atoms with van der Waals surface area (Å²) in [5.41, 5.74) is 3.69. The Morgan fingerprint density at radius 3 is 2.00 bits per heavy atom. The number of rotatable bonds is 9. The average Bonchev–Trinajstić information content (AvgIpc) is 2.92. The molecule has 1 aliphatic rings. The molecule has 4 rings (SSSR count). The van der Waals surface area contributed by atoms with Crippen molar-refractivity contribution in [3.8, 4) is 0 Å². The molecular formula is C32H41FN2O2. The highest BCUT2D eigenvalue weighted by atomic mass is 19.1. The molecule has 0 aromatic heterocycles. The number of hydrogen-bond acceptors (Lipinski definition) is 3. The number of piperidine rings is 1. The topological polar surface area (TPSA) is 52.6 Å². The van der Waals surface area contributed by atoms with Crippen molar-refractivity contribution in [1.29, 1.82) is 0 Å². The highest BCUT2D eigenvalue weighted by Crippen LogP contribution is 2.22. The molecule has 1 amide bonds. The average molecular weight is 505 g/mol. The highest BCUT2D eigenvalue weighted by molar-refractivity contribution is 5.73. The summed E-state index contributed by atoms with van der Waals surface area (Å²) in [6, 6.07) is 26.9. The molecule has 4 nitrogen and oxygen atoms in total. The molecule has 1 aliphatic heterocycles. The zero-order chi connectivity index (χ0) is 26.5. The molecule has 37 heavy (non-hydrogen) atoms. The van der Waals surface area contributed by atoms with Crippen molar-refractivity contribution in [3.63, 3.8) is 0 Å². The Balaban J connectivity index is 0.000000405. The molecular weight excluding hydrogens is 463 g/mol. The lowest BCUT2D eigenvalue weighted by molar-refractivity contribution is -0.120. The molecule has 0 aliphatic carbocycles. The first-order chi connectivity index (χ1) is 17.9. The van der Waals surface area contributed by atoms with Crippen molar-refractivity contribution < 1.29 is 14.3 Å². The van der Waals surface area contributed by atoms with Crippen LogP contribution in [0.15, 0.2) is 84.9 Å². The van der Waals surface area contributed by atoms with Crippen molar-refractivity contribution in [2.24, 2.45) is 5.92 Å². The van der Waals surface area contributed by atoms with Gasteiger partial charge in [-0.3, -0.25) is 4.79 Å². The van der Waals surface area contributed by atoms with Crippen molar-refractivity contribution in [1.82, 2.24) is 10.2 Å². The monoisotopic (exact) mass is 504 g/mol. The summed E-state index contributed by atoms with van der Waals surface area (Å²) in [6.45, 7) is 6.07. The second-order valence-electron chi connectivity index (χ2n) is 9.98. The third kappa shape index (κ3) is 10.5. The van der Waals surface area contributed by atoms with Crippen LogP contribution in [-0.4, -0.2) is 47.7 Å². The number of aryl methyl sites for hydroxylation is 1. The van der Waals surface area contributed by atoms with E-state index in [0.717, 1.165) is 44.3 Å². The van der Waals surface area contributed by atoms with E-state index in [1.54, 1.807) is 0 Å². The van der Waals surface area contributed by atoms with E-state index in [1.165, 1.54) is 30.2 Å². The van der Waals surface area contributed by atoms with Gasteiger partial charge >= 0.3 is 0 Å². The number of nitrogens with zero attached hydrogens (tertiary/aromatic N) is 1. The summed E-state index contributed by atoms with van der Waals surface area (Å²) < 4.78 is 13.1. The minimum Gasteiger partial charge on any atom is -0.390 e. The molecule has 5 heteroatoms. The van der Waals surface area contributed by atoms with Gasteiger partial charge in [-0.05, 0) is 79.9 Å². The van der Waals surface area contributed by atoms with E-state index in [-0.39, 0.29) is 17.8 Å². The zero-order valence-electron chi connectivity index (χ0n) is 22.2. The zero-order valence-corrected chi connectivity index (χ0v) is 22.2. The Bertz CT molecular complexity index is 1040. The quantitative estimate of drug-likeness (QED) is 0.408. The van der Waals surface area contributed by atoms with Gasteiger partial charge in [-0.25, -0.2) is 4.39 Å². The van der Waals surface area contributed by atoms with E-state index >= 15 is 0 Å². The van der Waals surface area contributed by atoms with E-state index in [0.29, 0.717) is 18.9 Å². The number of benzene rings is 3. The second-order valence-corrected chi connectivity index (χ2v) is 9.98. The molecule has 2 atom stereocenters. The first-order valence-electron chi connectivity index (χ1n) is 13.4. The van der Waals surface area contributed by atoms with Crippen LogP contribution in [0.2, 0.25) is 0 Å². The highest BCUT2D eigenvalue weighted by Gasteiger charge is 2.26. The van der Waals surface area contributed by atoms with Gasteiger partial charge in [0.25, 0.3) is 0 Å². The maximum Gasteiger partial charge on any atom is 0.217 e. The lowest BCUT2D eigenvalue weighted by atomic mass is 9.90. The van der Waals surface area contributed by atoms with Gasteiger partial charge in [0.05, 0.1) is 12.1 Å². The number of aliphatic hydroxyl groups excluding tert-OH is 1. The minimum atomic E-state index is -0.618. The van der Waals surface area contributed by atoms with E-state index < -0.39 is 6.10 Å². The van der Waals surface area contributed by atoms with Crippen molar-refractivity contribution >= 4 is 5.91 Å². The molecule has 0 spiro atoms. The van der Waals surface area contributed by atoms with Crippen LogP contribution in [0.25, 0.3) is 0 Å². The van der Waals surface area contributed by atoms with Crippen LogP contribution in [0.5, 0.6) is 0 Å². The van der Waals surface area contributed by atoms with Gasteiger partial charge in [-0.2, -0.15) is 0 Å². The van der Waals surface area contributed by atoms with Gasteiger partial charge < -0.3 is 15.3 Å². The molecule has 2 N–H and O–H groups in total. The van der Waals surface area contributed by atoms with E-state index in [9.17, 15) is 14.3 Å². The first-order valence-corrected chi connectivity index (χ1v) is 13.4. The van der Waals surface area contributed by atoms with Crippen LogP contribution < -0.4 is 5.32 Å². The smallest absolute Gasteiger partial charge is 0.217 e. The van der Waals surface area contributed by atoms with Crippen molar-refractivity contribution in [2.75, 3.05) is 19.6 Å². The van der Waals surface area contributed by atoms with E-state index in [2.05, 4.69) is 41.4 Å². The van der Waals surface area contributed by atoms with E-state index in [4.69, 9.17) is 0 Å². The predicted octanol–water partition coefficient (Wildman–Crippen LogP) is 5.44. The number of likely N-dealkylation sites (tertiary alicyclic amines) is 1. The van der Waals surface area contributed by atoms with Gasteiger partial charge in [0, 0.05) is 13.5 Å². The van der Waals surface area contributed by atoms with Crippen molar-refractivity contribution in [3.05, 3.63) is 107 Å². The molecule has 1 saturated heterocycles. The number of halogens is 1. The molecule has 1 fully saturated rings. The van der Waals surface area contributed by atoms with Crippen LogP contribution in [0.4, 0.5) is 4.39 Å². The Morgan fingerprint density at radius 2 is 1.49 bits per heavy atom. The lowest BCUT2D eigenvalue weighted by Gasteiger charge is -2.35. The second kappa shape index (κ2) is 15.3. The molecule has 1 heterocycles. The summed E-state index contributed by atoms with van der Waals surface area (Å²) in [6.07, 6.45) is 4.23. The Morgan fingerprint density at radius 1 is 0.919 bits per heavy atom. The predicted molar refractivity (Wildman–Crippen MR) is 149 cm³/mol. The number of aliphatic hydroxyl groups is 1. The number of carbonyl (C=O) groups is 1. The SMILES string of the molecule is CC(=O)NC(Cc1ccccc1)C(O)CN1CCC(Cc2ccc(F)cc2)CC1.CCc1ccccc1. The molecule has 2 unspecified atom stereocenters. The standard InChI is InChI=1S/C24H31FN2O2.C8H10/c1-18(28)26-23(16-19-5-3-2-4-6-19)24(29)17-27-13-11-21(12-14-27)15-20-7-9-22(25)10-8-20;1-2-8-6-4-3-5-7-8/h2-10,21,23-24,29H,11-17H2,1H3,(H,26,28);3-7H,2H2,1H3. The first kappa shape index (κ1) is 28.5. The van der Waals surface area contributed by atoms with Gasteiger partial charge in [0.2, 0.25) is 5.91 Å². The third-order valence-electron chi connectivity index (χ3n) is 6.99. The fraction of sp³-hybridized carbons (Fsp3) is 0.406. The lowest BCUT2D eigenvalue weighted by Crippen LogP contribution is -2.50. The summed E-state index contributed by atoms with van der Waals surface area (Å²) in [5.74, 6) is 0.272. The summed E-state index contributed by atoms with van der Waals surface area (Å²) in [7, 11) is 0. The largest absolute Gasteiger partial charge is 0.390 e. The van der Waals surface area contributed by atoms with Crippen LogP contribution in [-0.2, 0) is 24.1 Å². The third-order valence-corrected chi connectivity index (χ3v) is 6.99. The van der Waals surface area contributed by atoms with Gasteiger partial charge in [0.15, 0.2) is 0 Å². The molecule has 0 radical (unpaired) electrons. The molecule has 3 aromatic rings. The Kier molecular flexibility index (Phi) is 11.8. The summed E-state index contributed by atoms with van der Waals surface area (Å²) >= 11 is 0. The fourth-order valence-electron chi connectivity index (χ4n) is 4.84. The molecule has 198 valence electrons. The number of carbonyl (C=O) groups excluding carboxylic acids is 1. The summed E-state index contributed by atoms with van der Waals surface area (Å²) in [4.78, 5) is 13.9. The van der Waals surface area contributed by atoms with Crippen LogP contribution in [0.3, 0.4) is 0 Å². The number of nitrogens with one attached hydrogen (secondary N) is 1. The number of hydrogen-bond donors (Lipinski definition) is 2. The van der Waals surface area contributed by atoms with Gasteiger partial charge in [0.1, 0.15) is 5.82 Å². The minimum absolute atomic E-state index is 0.122. The van der Waals surface area contributed by atoms with Crippen LogP contribution in [0.1, 0.15) is 43.4 Å². The van der Waals surface area contributed by atoms with Crippen LogP contribution >= 0.6 is 0 Å². The molecule has 0 saturated carbocycles. The van der Waals surface area contributed by atoms with Crippen molar-refractivity contribution in [2.45, 2.75) is 58.1 Å². The van der Waals surface area contributed by atoms with Gasteiger partial charge in [-0.1, -0.05) is 79.7 Å². The fourth-order valence-corrected chi connectivity index (χ4v) is 4.84. The number of amides is 1. The Labute approximate surface area is 221 Å². The van der Waals surface area contributed by atoms with Crippen LogP contribution in [0, 0.1) is 11.7 Å². The maximum atomic E-state index is 13.1. The van der Waals surface area contributed by atoms with Gasteiger partial charge in [-0.15, -0.1) is 0 Å². The summed E-state index contributed by atoms with van der Waals surface area (Å²) in [5, 5.41) is 13.7. The normalized spacial score (nSPS) is 15.8. The molecule has 0 bridgehead atoms.